The van der Waals surface area contributed by atoms with Crippen molar-refractivity contribution in [3.05, 3.63) is 52.2 Å². The molecule has 0 saturated carbocycles. The van der Waals surface area contributed by atoms with Crippen LogP contribution in [0.2, 0.25) is 0 Å². The van der Waals surface area contributed by atoms with Crippen molar-refractivity contribution in [1.82, 2.24) is 0 Å². The van der Waals surface area contributed by atoms with Gasteiger partial charge < -0.3 is 10.6 Å². The van der Waals surface area contributed by atoms with Gasteiger partial charge in [0.15, 0.2) is 0 Å². The van der Waals surface area contributed by atoms with Crippen LogP contribution in [-0.2, 0) is 6.54 Å². The molecule has 0 aliphatic carbocycles. The highest BCUT2D eigenvalue weighted by molar-refractivity contribution is 7.09. The molecule has 2 rings (SSSR count). The van der Waals surface area contributed by atoms with Gasteiger partial charge in [0.05, 0.1) is 6.54 Å². The summed E-state index contributed by atoms with van der Waals surface area (Å²) >= 11 is 1.80. The zero-order chi connectivity index (χ0) is 13.0. The number of anilines is 1. The van der Waals surface area contributed by atoms with E-state index < -0.39 is 0 Å². The van der Waals surface area contributed by atoms with Crippen LogP contribution in [0.4, 0.5) is 5.69 Å². The molecule has 0 saturated heterocycles. The Morgan fingerprint density at radius 1 is 1.22 bits per heavy atom. The highest BCUT2D eigenvalue weighted by Crippen LogP contribution is 2.21. The average molecular weight is 260 g/mol. The Morgan fingerprint density at radius 3 is 2.50 bits per heavy atom. The van der Waals surface area contributed by atoms with Gasteiger partial charge in [0.2, 0.25) is 0 Å². The summed E-state index contributed by atoms with van der Waals surface area (Å²) in [6.45, 7) is 3.07. The highest BCUT2D eigenvalue weighted by Gasteiger charge is 2.05. The molecule has 2 aromatic rings. The lowest BCUT2D eigenvalue weighted by Gasteiger charge is -2.19. The molecule has 1 aromatic carbocycles. The molecule has 2 nitrogen and oxygen atoms in total. The van der Waals surface area contributed by atoms with Gasteiger partial charge in [-0.15, -0.1) is 11.3 Å². The lowest BCUT2D eigenvalue weighted by molar-refractivity contribution is 0.698. The molecule has 18 heavy (non-hydrogen) atoms. The first kappa shape index (κ1) is 13.1. The van der Waals surface area contributed by atoms with E-state index in [0.717, 1.165) is 13.0 Å². The lowest BCUT2D eigenvalue weighted by atomic mass is 10.1. The fraction of sp³-hybridized carbons (Fsp3) is 0.333. The van der Waals surface area contributed by atoms with Crippen LogP contribution >= 0.6 is 11.3 Å². The van der Waals surface area contributed by atoms with Gasteiger partial charge in [0.1, 0.15) is 0 Å². The van der Waals surface area contributed by atoms with Gasteiger partial charge in [-0.25, -0.2) is 0 Å². The molecule has 0 amide bonds. The maximum atomic E-state index is 6.02. The van der Waals surface area contributed by atoms with Crippen LogP contribution in [0.15, 0.2) is 41.8 Å². The van der Waals surface area contributed by atoms with E-state index in [1.165, 1.54) is 16.1 Å². The quantitative estimate of drug-likeness (QED) is 0.886. The van der Waals surface area contributed by atoms with Crippen molar-refractivity contribution < 1.29 is 0 Å². The van der Waals surface area contributed by atoms with Crippen molar-refractivity contribution in [2.75, 3.05) is 11.9 Å². The van der Waals surface area contributed by atoms with Gasteiger partial charge in [-0.1, -0.05) is 25.1 Å². The van der Waals surface area contributed by atoms with Crippen LogP contribution in [0.1, 0.15) is 29.8 Å². The average Bonchev–Trinajstić information content (AvgIpc) is 2.91. The van der Waals surface area contributed by atoms with E-state index in [9.17, 15) is 0 Å². The number of hydrogen-bond acceptors (Lipinski definition) is 3. The highest BCUT2D eigenvalue weighted by atomic mass is 32.1. The molecule has 1 heterocycles. The first-order valence-electron chi connectivity index (χ1n) is 6.29. The summed E-state index contributed by atoms with van der Waals surface area (Å²) in [7, 11) is 2.12. The first-order chi connectivity index (χ1) is 8.70. The van der Waals surface area contributed by atoms with Crippen LogP contribution in [0.25, 0.3) is 0 Å². The van der Waals surface area contributed by atoms with Gasteiger partial charge in [-0.3, -0.25) is 0 Å². The molecule has 1 atom stereocenters. The van der Waals surface area contributed by atoms with Crippen LogP contribution in [0.5, 0.6) is 0 Å². The molecule has 0 aliphatic heterocycles. The normalized spacial score (nSPS) is 12.4. The third kappa shape index (κ3) is 3.12. The number of nitrogens with zero attached hydrogens (tertiary/aromatic N) is 1. The summed E-state index contributed by atoms with van der Waals surface area (Å²) in [4.78, 5) is 3.64. The lowest BCUT2D eigenvalue weighted by Crippen LogP contribution is -2.16. The minimum atomic E-state index is 0.154. The molecule has 2 N–H and O–H groups in total. The molecule has 0 radical (unpaired) electrons. The van der Waals surface area contributed by atoms with E-state index in [1.807, 2.05) is 0 Å². The van der Waals surface area contributed by atoms with E-state index in [2.05, 4.69) is 60.6 Å². The van der Waals surface area contributed by atoms with Gasteiger partial charge in [-0.2, -0.15) is 0 Å². The summed E-state index contributed by atoms with van der Waals surface area (Å²) in [5.74, 6) is 0. The second-order valence-corrected chi connectivity index (χ2v) is 5.57. The molecular formula is C15H20N2S. The monoisotopic (exact) mass is 260 g/mol. The number of thiophene rings is 1. The zero-order valence-corrected chi connectivity index (χ0v) is 11.8. The number of benzene rings is 1. The fourth-order valence-electron chi connectivity index (χ4n) is 1.94. The van der Waals surface area contributed by atoms with E-state index in [-0.39, 0.29) is 6.04 Å². The van der Waals surface area contributed by atoms with Gasteiger partial charge in [0, 0.05) is 23.7 Å². The molecule has 0 spiro atoms. The molecular weight excluding hydrogens is 240 g/mol. The van der Waals surface area contributed by atoms with Crippen molar-refractivity contribution in [3.8, 4) is 0 Å². The summed E-state index contributed by atoms with van der Waals surface area (Å²) in [5, 5.41) is 2.12. The summed E-state index contributed by atoms with van der Waals surface area (Å²) in [6.07, 6.45) is 0.977. The molecule has 0 unspecified atom stereocenters. The Balaban J connectivity index is 2.04. The molecule has 3 heteroatoms. The maximum absolute atomic E-state index is 6.02. The third-order valence-electron chi connectivity index (χ3n) is 3.17. The Morgan fingerprint density at radius 2 is 1.94 bits per heavy atom. The minimum absolute atomic E-state index is 0.154. The molecule has 0 bridgehead atoms. The minimum Gasteiger partial charge on any atom is -0.369 e. The number of rotatable bonds is 5. The topological polar surface area (TPSA) is 29.3 Å². The SMILES string of the molecule is CC[C@H](N)c1ccc(N(C)Cc2cccs2)cc1. The van der Waals surface area contributed by atoms with Crippen LogP contribution < -0.4 is 10.6 Å². The Labute approximate surface area is 113 Å². The second-order valence-electron chi connectivity index (χ2n) is 4.54. The van der Waals surface area contributed by atoms with Crippen molar-refractivity contribution in [2.24, 2.45) is 5.73 Å². The maximum Gasteiger partial charge on any atom is 0.0519 e. The van der Waals surface area contributed by atoms with Gasteiger partial charge in [0.25, 0.3) is 0 Å². The molecule has 96 valence electrons. The standard InChI is InChI=1S/C15H20N2S/c1-3-15(16)12-6-8-13(9-7-12)17(2)11-14-5-4-10-18-14/h4-10,15H,3,11,16H2,1-2H3/t15-/m0/s1. The largest absolute Gasteiger partial charge is 0.369 e. The first-order valence-corrected chi connectivity index (χ1v) is 7.17. The predicted octanol–water partition coefficient (Wildman–Crippen LogP) is 3.79. The Bertz CT molecular complexity index is 462. The Kier molecular flexibility index (Phi) is 4.39. The Hall–Kier alpha value is -1.32. The molecule has 0 fully saturated rings. The van der Waals surface area contributed by atoms with Crippen LogP contribution in [-0.4, -0.2) is 7.05 Å². The number of hydrogen-bond donors (Lipinski definition) is 1. The van der Waals surface area contributed by atoms with Crippen molar-refractivity contribution >= 4 is 17.0 Å². The molecule has 0 aliphatic rings. The number of nitrogens with two attached hydrogens (primary N) is 1. The van der Waals surface area contributed by atoms with Gasteiger partial charge in [-0.05, 0) is 35.6 Å². The van der Waals surface area contributed by atoms with Crippen molar-refractivity contribution in [3.63, 3.8) is 0 Å². The molecule has 1 aromatic heterocycles. The van der Waals surface area contributed by atoms with Crippen LogP contribution in [0, 0.1) is 0 Å². The summed E-state index contributed by atoms with van der Waals surface area (Å²) < 4.78 is 0. The van der Waals surface area contributed by atoms with Crippen molar-refractivity contribution in [1.29, 1.82) is 0 Å². The smallest absolute Gasteiger partial charge is 0.0519 e. The second kappa shape index (κ2) is 6.03. The third-order valence-corrected chi connectivity index (χ3v) is 4.04. The summed E-state index contributed by atoms with van der Waals surface area (Å²) in [6, 6.07) is 13.0. The van der Waals surface area contributed by atoms with E-state index >= 15 is 0 Å². The predicted molar refractivity (Wildman–Crippen MR) is 80.1 cm³/mol. The van der Waals surface area contributed by atoms with E-state index in [1.54, 1.807) is 11.3 Å². The fourth-order valence-corrected chi connectivity index (χ4v) is 2.70. The van der Waals surface area contributed by atoms with Crippen molar-refractivity contribution in [2.45, 2.75) is 25.9 Å². The zero-order valence-electron chi connectivity index (χ0n) is 11.0. The van der Waals surface area contributed by atoms with Crippen LogP contribution in [0.3, 0.4) is 0 Å². The summed E-state index contributed by atoms with van der Waals surface area (Å²) in [5.41, 5.74) is 8.46. The van der Waals surface area contributed by atoms with E-state index in [0.29, 0.717) is 0 Å². The van der Waals surface area contributed by atoms with E-state index in [4.69, 9.17) is 5.73 Å². The van der Waals surface area contributed by atoms with Gasteiger partial charge >= 0.3 is 0 Å².